The molecule has 11 rings (SSSR count). The summed E-state index contributed by atoms with van der Waals surface area (Å²) in [6.45, 7) is 0. The first-order valence-electron chi connectivity index (χ1n) is 16.0. The van der Waals surface area contributed by atoms with Crippen LogP contribution in [0, 0.1) is 0 Å². The van der Waals surface area contributed by atoms with E-state index in [9.17, 15) is 0 Å². The number of hydrogen-bond donors (Lipinski definition) is 0. The summed E-state index contributed by atoms with van der Waals surface area (Å²) in [4.78, 5) is 0. The molecule has 8 aromatic carbocycles. The predicted molar refractivity (Wildman–Crippen MR) is 196 cm³/mol. The molecule has 0 radical (unpaired) electrons. The summed E-state index contributed by atoms with van der Waals surface area (Å²) >= 11 is 1.89. The molecule has 212 valence electrons. The highest BCUT2D eigenvalue weighted by Gasteiger charge is 2.50. The number of thiophene rings is 1. The molecule has 2 aliphatic rings. The first kappa shape index (κ1) is 24.8. The van der Waals surface area contributed by atoms with E-state index in [0.29, 0.717) is 0 Å². The maximum absolute atomic E-state index is 2.51. The van der Waals surface area contributed by atoms with Crippen molar-refractivity contribution in [3.63, 3.8) is 0 Å². The molecule has 0 amide bonds. The molecule has 46 heavy (non-hydrogen) atoms. The van der Waals surface area contributed by atoms with Gasteiger partial charge in [0.05, 0.1) is 5.41 Å². The van der Waals surface area contributed by atoms with E-state index in [1.165, 1.54) is 97.4 Å². The number of rotatable bonds is 1. The van der Waals surface area contributed by atoms with Gasteiger partial charge >= 0.3 is 0 Å². The van der Waals surface area contributed by atoms with Crippen molar-refractivity contribution in [3.8, 4) is 33.4 Å². The number of fused-ring (bicyclic) bond motifs is 14. The van der Waals surface area contributed by atoms with Crippen molar-refractivity contribution in [3.05, 3.63) is 180 Å². The topological polar surface area (TPSA) is 0 Å². The van der Waals surface area contributed by atoms with Gasteiger partial charge in [0.15, 0.2) is 0 Å². The van der Waals surface area contributed by atoms with Crippen LogP contribution >= 0.6 is 11.3 Å². The molecule has 1 heterocycles. The second-order valence-electron chi connectivity index (χ2n) is 12.8. The molecule has 9 aromatic rings. The lowest BCUT2D eigenvalue weighted by molar-refractivity contribution is 0.774. The van der Waals surface area contributed by atoms with Crippen molar-refractivity contribution in [2.45, 2.75) is 5.41 Å². The minimum absolute atomic E-state index is 0.401. The maximum Gasteiger partial charge on any atom is 0.0725 e. The van der Waals surface area contributed by atoms with Crippen LogP contribution in [0.4, 0.5) is 0 Å². The summed E-state index contributed by atoms with van der Waals surface area (Å²) in [5.74, 6) is 0. The Kier molecular flexibility index (Phi) is 4.75. The minimum atomic E-state index is -0.401. The van der Waals surface area contributed by atoms with Crippen LogP contribution in [0.3, 0.4) is 0 Å². The van der Waals surface area contributed by atoms with Crippen LogP contribution < -0.4 is 0 Å². The van der Waals surface area contributed by atoms with Crippen LogP contribution in [0.15, 0.2) is 158 Å². The minimum Gasteiger partial charge on any atom is -0.135 e. The lowest BCUT2D eigenvalue weighted by Gasteiger charge is -2.40. The molecule has 1 atom stereocenters. The Balaban J connectivity index is 1.23. The summed E-state index contributed by atoms with van der Waals surface area (Å²) in [7, 11) is 0. The summed E-state index contributed by atoms with van der Waals surface area (Å²) in [5, 5.41) is 8.01. The van der Waals surface area contributed by atoms with Crippen molar-refractivity contribution in [2.75, 3.05) is 0 Å². The van der Waals surface area contributed by atoms with Crippen LogP contribution in [-0.2, 0) is 5.41 Å². The van der Waals surface area contributed by atoms with Crippen molar-refractivity contribution >= 4 is 53.1 Å². The van der Waals surface area contributed by atoms with Crippen LogP contribution in [0.2, 0.25) is 0 Å². The van der Waals surface area contributed by atoms with E-state index in [0.717, 1.165) is 0 Å². The zero-order valence-corrected chi connectivity index (χ0v) is 25.7. The molecule has 1 aromatic heterocycles. The smallest absolute Gasteiger partial charge is 0.0725 e. The quantitative estimate of drug-likeness (QED) is 0.176. The summed E-state index contributed by atoms with van der Waals surface area (Å²) < 4.78 is 2.68. The molecule has 2 aliphatic carbocycles. The van der Waals surface area contributed by atoms with Gasteiger partial charge in [-0.2, -0.15) is 0 Å². The van der Waals surface area contributed by atoms with Crippen molar-refractivity contribution < 1.29 is 0 Å². The van der Waals surface area contributed by atoms with Gasteiger partial charge in [-0.3, -0.25) is 0 Å². The Morgan fingerprint density at radius 1 is 0.348 bits per heavy atom. The lowest BCUT2D eigenvalue weighted by Crippen LogP contribution is -2.31. The molecule has 0 fully saturated rings. The van der Waals surface area contributed by atoms with Crippen LogP contribution in [0.5, 0.6) is 0 Å². The zero-order chi connectivity index (χ0) is 30.0. The third-order valence-electron chi connectivity index (χ3n) is 10.7. The van der Waals surface area contributed by atoms with Crippen LogP contribution in [0.25, 0.3) is 75.1 Å². The zero-order valence-electron chi connectivity index (χ0n) is 24.9. The molecule has 1 unspecified atom stereocenters. The fourth-order valence-corrected chi connectivity index (χ4v) is 9.94. The molecular formula is C45H26S. The third kappa shape index (κ3) is 2.99. The molecule has 0 nitrogen and oxygen atoms in total. The summed E-state index contributed by atoms with van der Waals surface area (Å²) in [5.41, 5.74) is 13.0. The monoisotopic (exact) mass is 598 g/mol. The van der Waals surface area contributed by atoms with Crippen molar-refractivity contribution in [2.24, 2.45) is 0 Å². The van der Waals surface area contributed by atoms with Gasteiger partial charge < -0.3 is 0 Å². The van der Waals surface area contributed by atoms with E-state index in [-0.39, 0.29) is 0 Å². The van der Waals surface area contributed by atoms with Crippen LogP contribution in [0.1, 0.15) is 22.3 Å². The van der Waals surface area contributed by atoms with Gasteiger partial charge in [0.25, 0.3) is 0 Å². The Morgan fingerprint density at radius 2 is 0.957 bits per heavy atom. The molecular weight excluding hydrogens is 573 g/mol. The Morgan fingerprint density at radius 3 is 1.83 bits per heavy atom. The van der Waals surface area contributed by atoms with E-state index in [4.69, 9.17) is 0 Å². The fraction of sp³-hybridized carbons (Fsp3) is 0.0222. The molecule has 0 saturated carbocycles. The Hall–Kier alpha value is -5.50. The molecule has 1 heteroatoms. The van der Waals surface area contributed by atoms with E-state index < -0.39 is 5.41 Å². The second-order valence-corrected chi connectivity index (χ2v) is 13.9. The molecule has 1 spiro atoms. The first-order chi connectivity index (χ1) is 22.8. The van der Waals surface area contributed by atoms with Gasteiger partial charge in [-0.1, -0.05) is 133 Å². The first-order valence-corrected chi connectivity index (χ1v) is 16.8. The number of hydrogen-bond acceptors (Lipinski definition) is 1. The maximum atomic E-state index is 2.51. The van der Waals surface area contributed by atoms with Gasteiger partial charge in [0.1, 0.15) is 0 Å². The molecule has 0 aliphatic heterocycles. The normalized spacial score (nSPS) is 15.9. The highest BCUT2D eigenvalue weighted by molar-refractivity contribution is 7.26. The van der Waals surface area contributed by atoms with Gasteiger partial charge in [-0.15, -0.1) is 11.3 Å². The van der Waals surface area contributed by atoms with Crippen LogP contribution in [-0.4, -0.2) is 0 Å². The Labute approximate surface area is 270 Å². The second kappa shape index (κ2) is 8.81. The van der Waals surface area contributed by atoms with E-state index in [1.807, 2.05) is 11.3 Å². The van der Waals surface area contributed by atoms with Gasteiger partial charge in [-0.25, -0.2) is 0 Å². The van der Waals surface area contributed by atoms with Gasteiger partial charge in [0, 0.05) is 20.2 Å². The standard InChI is InChI=1S/C45H26S/c1-2-12-31-27(9-1)20-24-42-44(31)36-25-29(21-23-41(36)46-42)30-19-22-34-32-13-3-5-16-37(32)45(40(34)26-30)38-17-6-4-14-33(38)35-15-7-10-28-11-8-18-39(45)43(28)35/h1-26H. The van der Waals surface area contributed by atoms with Crippen molar-refractivity contribution in [1.29, 1.82) is 0 Å². The third-order valence-corrected chi connectivity index (χ3v) is 11.8. The fourth-order valence-electron chi connectivity index (χ4n) is 8.83. The lowest BCUT2D eigenvalue weighted by atomic mass is 9.61. The van der Waals surface area contributed by atoms with E-state index in [1.54, 1.807) is 0 Å². The van der Waals surface area contributed by atoms with Gasteiger partial charge in [-0.05, 0) is 101 Å². The van der Waals surface area contributed by atoms with Crippen molar-refractivity contribution in [1.82, 2.24) is 0 Å². The van der Waals surface area contributed by atoms with Gasteiger partial charge in [0.2, 0.25) is 0 Å². The molecule has 0 N–H and O–H groups in total. The SMILES string of the molecule is c1ccc2c(c1)-c1ccc(-c3ccc4sc5ccc6ccccc6c5c4c3)cc1C21c2ccccc2-c2cccc3cccc1c23. The molecule has 0 bridgehead atoms. The largest absolute Gasteiger partial charge is 0.135 e. The van der Waals surface area contributed by atoms with E-state index in [2.05, 4.69) is 158 Å². The summed E-state index contributed by atoms with van der Waals surface area (Å²) in [6, 6.07) is 59.5. The Bertz CT molecular complexity index is 2760. The molecule has 0 saturated heterocycles. The predicted octanol–water partition coefficient (Wildman–Crippen LogP) is 12.4. The average Bonchev–Trinajstić information content (AvgIpc) is 3.64. The average molecular weight is 599 g/mol. The summed E-state index contributed by atoms with van der Waals surface area (Å²) in [6.07, 6.45) is 0. The number of benzene rings is 8. The highest BCUT2D eigenvalue weighted by atomic mass is 32.1. The van der Waals surface area contributed by atoms with E-state index >= 15 is 0 Å². The highest BCUT2D eigenvalue weighted by Crippen LogP contribution is 2.62.